The van der Waals surface area contributed by atoms with Gasteiger partial charge in [-0.1, -0.05) is 48.5 Å². The Labute approximate surface area is 129 Å². The van der Waals surface area contributed by atoms with Gasteiger partial charge in [-0.2, -0.15) is 5.10 Å². The van der Waals surface area contributed by atoms with Gasteiger partial charge in [0.15, 0.2) is 0 Å². The highest BCUT2D eigenvalue weighted by Crippen LogP contribution is 2.17. The minimum Gasteiger partial charge on any atom is -0.273 e. The quantitative estimate of drug-likeness (QED) is 0.502. The van der Waals surface area contributed by atoms with Gasteiger partial charge in [-0.05, 0) is 24.6 Å². The van der Waals surface area contributed by atoms with E-state index >= 15 is 0 Å². The zero-order valence-electron chi connectivity index (χ0n) is 12.0. The fourth-order valence-electron chi connectivity index (χ4n) is 1.72. The largest absolute Gasteiger partial charge is 0.273 e. The Morgan fingerprint density at radius 2 is 1.67 bits per heavy atom. The van der Waals surface area contributed by atoms with Crippen LogP contribution in [0.2, 0.25) is 0 Å². The number of carbonyl (C=O) groups excluding carboxylic acids is 1. The van der Waals surface area contributed by atoms with E-state index in [9.17, 15) is 4.79 Å². The van der Waals surface area contributed by atoms with Gasteiger partial charge in [0, 0.05) is 17.1 Å². The van der Waals surface area contributed by atoms with Crippen molar-refractivity contribution in [3.8, 4) is 0 Å². The van der Waals surface area contributed by atoms with E-state index in [1.807, 2.05) is 67.6 Å². The zero-order chi connectivity index (χ0) is 14.9. The number of thioether (sulfide) groups is 1. The van der Waals surface area contributed by atoms with Crippen LogP contribution in [0.4, 0.5) is 0 Å². The summed E-state index contributed by atoms with van der Waals surface area (Å²) in [6.07, 6.45) is 0.450. The van der Waals surface area contributed by atoms with Crippen LogP contribution < -0.4 is 5.43 Å². The second-order valence-electron chi connectivity index (χ2n) is 4.51. The van der Waals surface area contributed by atoms with Gasteiger partial charge < -0.3 is 0 Å². The molecule has 0 spiro atoms. The van der Waals surface area contributed by atoms with Gasteiger partial charge in [-0.25, -0.2) is 5.43 Å². The molecule has 0 saturated carbocycles. The maximum absolute atomic E-state index is 11.7. The number of benzene rings is 2. The van der Waals surface area contributed by atoms with Gasteiger partial charge in [0.05, 0.1) is 5.71 Å². The molecule has 0 radical (unpaired) electrons. The Kier molecular flexibility index (Phi) is 6.03. The van der Waals surface area contributed by atoms with E-state index < -0.39 is 0 Å². The van der Waals surface area contributed by atoms with Crippen molar-refractivity contribution in [1.29, 1.82) is 0 Å². The number of amides is 1. The standard InChI is InChI=1S/C17H18N2OS/c1-14(15-8-4-2-5-9-15)18-19-17(20)12-13-21-16-10-6-3-7-11-16/h2-11H,12-13H2,1H3,(H,19,20)/b18-14-. The lowest BCUT2D eigenvalue weighted by molar-refractivity contribution is -0.120. The van der Waals surface area contributed by atoms with E-state index in [0.717, 1.165) is 17.0 Å². The molecule has 0 aliphatic heterocycles. The molecule has 0 heterocycles. The lowest BCUT2D eigenvalue weighted by Crippen LogP contribution is -2.19. The number of rotatable bonds is 6. The maximum Gasteiger partial charge on any atom is 0.240 e. The second-order valence-corrected chi connectivity index (χ2v) is 5.68. The normalized spacial score (nSPS) is 11.2. The van der Waals surface area contributed by atoms with Gasteiger partial charge in [-0.3, -0.25) is 4.79 Å². The van der Waals surface area contributed by atoms with Crippen LogP contribution in [0, 0.1) is 0 Å². The van der Waals surface area contributed by atoms with Crippen LogP contribution in [0.1, 0.15) is 18.9 Å². The zero-order valence-corrected chi connectivity index (χ0v) is 12.8. The van der Waals surface area contributed by atoms with Gasteiger partial charge in [0.2, 0.25) is 5.91 Å². The number of hydrogen-bond donors (Lipinski definition) is 1. The first-order chi connectivity index (χ1) is 10.3. The van der Waals surface area contributed by atoms with Crippen molar-refractivity contribution in [3.05, 3.63) is 66.2 Å². The average Bonchev–Trinajstić information content (AvgIpc) is 2.54. The lowest BCUT2D eigenvalue weighted by atomic mass is 10.1. The minimum absolute atomic E-state index is 0.0614. The minimum atomic E-state index is -0.0614. The molecule has 4 heteroatoms. The molecule has 0 fully saturated rings. The summed E-state index contributed by atoms with van der Waals surface area (Å²) in [7, 11) is 0. The van der Waals surface area contributed by atoms with Crippen molar-refractivity contribution in [3.63, 3.8) is 0 Å². The molecule has 2 aromatic rings. The molecule has 0 aromatic heterocycles. The molecule has 0 atom stereocenters. The van der Waals surface area contributed by atoms with Crippen LogP contribution in [0.5, 0.6) is 0 Å². The van der Waals surface area contributed by atoms with Crippen LogP contribution in [-0.2, 0) is 4.79 Å². The van der Waals surface area contributed by atoms with Crippen molar-refractivity contribution in [2.24, 2.45) is 5.10 Å². The highest BCUT2D eigenvalue weighted by Gasteiger charge is 2.02. The summed E-state index contributed by atoms with van der Waals surface area (Å²) in [5.74, 6) is 0.684. The summed E-state index contributed by atoms with van der Waals surface area (Å²) in [5.41, 5.74) is 4.42. The highest BCUT2D eigenvalue weighted by atomic mass is 32.2. The summed E-state index contributed by atoms with van der Waals surface area (Å²) in [5, 5.41) is 4.13. The van der Waals surface area contributed by atoms with E-state index in [-0.39, 0.29) is 5.91 Å². The number of hydrazone groups is 1. The van der Waals surface area contributed by atoms with Crippen molar-refractivity contribution < 1.29 is 4.79 Å². The monoisotopic (exact) mass is 298 g/mol. The summed E-state index contributed by atoms with van der Waals surface area (Å²) in [6.45, 7) is 1.88. The van der Waals surface area contributed by atoms with Crippen LogP contribution in [0.15, 0.2) is 70.7 Å². The molecule has 108 valence electrons. The molecule has 0 unspecified atom stereocenters. The highest BCUT2D eigenvalue weighted by molar-refractivity contribution is 7.99. The molecule has 0 aliphatic carbocycles. The molecular formula is C17H18N2OS. The molecular weight excluding hydrogens is 280 g/mol. The molecule has 2 rings (SSSR count). The Balaban J connectivity index is 1.75. The number of hydrogen-bond acceptors (Lipinski definition) is 3. The smallest absolute Gasteiger partial charge is 0.240 e. The van der Waals surface area contributed by atoms with Gasteiger partial charge >= 0.3 is 0 Å². The first kappa shape index (κ1) is 15.3. The SMILES string of the molecule is C/C(=N/NC(=O)CCSc1ccccc1)c1ccccc1. The van der Waals surface area contributed by atoms with Crippen LogP contribution in [0.3, 0.4) is 0 Å². The predicted octanol–water partition coefficient (Wildman–Crippen LogP) is 3.71. The fraction of sp³-hybridized carbons (Fsp3) is 0.176. The topological polar surface area (TPSA) is 41.5 Å². The molecule has 0 aliphatic rings. The van der Waals surface area contributed by atoms with Gasteiger partial charge in [-0.15, -0.1) is 11.8 Å². The summed E-state index contributed by atoms with van der Waals surface area (Å²) in [4.78, 5) is 12.9. The first-order valence-corrected chi connectivity index (χ1v) is 7.80. The Bertz CT molecular complexity index is 597. The summed E-state index contributed by atoms with van der Waals surface area (Å²) in [6, 6.07) is 19.9. The Hall–Kier alpha value is -2.07. The summed E-state index contributed by atoms with van der Waals surface area (Å²) < 4.78 is 0. The van der Waals surface area contributed by atoms with Crippen LogP contribution in [0.25, 0.3) is 0 Å². The van der Waals surface area contributed by atoms with Crippen LogP contribution >= 0.6 is 11.8 Å². The molecule has 1 amide bonds. The van der Waals surface area contributed by atoms with E-state index in [1.54, 1.807) is 11.8 Å². The Morgan fingerprint density at radius 3 is 2.33 bits per heavy atom. The molecule has 1 N–H and O–H groups in total. The van der Waals surface area contributed by atoms with E-state index in [0.29, 0.717) is 6.42 Å². The molecule has 0 bridgehead atoms. The third-order valence-electron chi connectivity index (χ3n) is 2.88. The molecule has 3 nitrogen and oxygen atoms in total. The van der Waals surface area contributed by atoms with E-state index in [1.165, 1.54) is 4.90 Å². The molecule has 2 aromatic carbocycles. The van der Waals surface area contributed by atoms with Crippen molar-refractivity contribution in [2.75, 3.05) is 5.75 Å². The molecule has 21 heavy (non-hydrogen) atoms. The summed E-state index contributed by atoms with van der Waals surface area (Å²) >= 11 is 1.67. The van der Waals surface area contributed by atoms with Crippen molar-refractivity contribution in [2.45, 2.75) is 18.2 Å². The number of nitrogens with one attached hydrogen (secondary N) is 1. The average molecular weight is 298 g/mol. The fourth-order valence-corrected chi connectivity index (χ4v) is 2.60. The lowest BCUT2D eigenvalue weighted by Gasteiger charge is -2.03. The number of nitrogens with zero attached hydrogens (tertiary/aromatic N) is 1. The second kappa shape index (κ2) is 8.27. The Morgan fingerprint density at radius 1 is 1.05 bits per heavy atom. The van der Waals surface area contributed by atoms with Gasteiger partial charge in [0.25, 0.3) is 0 Å². The third kappa shape index (κ3) is 5.44. The van der Waals surface area contributed by atoms with E-state index in [2.05, 4.69) is 10.5 Å². The van der Waals surface area contributed by atoms with Crippen LogP contribution in [-0.4, -0.2) is 17.4 Å². The van der Waals surface area contributed by atoms with Gasteiger partial charge in [0.1, 0.15) is 0 Å². The van der Waals surface area contributed by atoms with E-state index in [4.69, 9.17) is 0 Å². The van der Waals surface area contributed by atoms with Crippen molar-refractivity contribution >= 4 is 23.4 Å². The third-order valence-corrected chi connectivity index (χ3v) is 3.89. The van der Waals surface area contributed by atoms with Crippen molar-refractivity contribution in [1.82, 2.24) is 5.43 Å². The maximum atomic E-state index is 11.7. The predicted molar refractivity (Wildman–Crippen MR) is 88.6 cm³/mol. The number of carbonyl (C=O) groups is 1. The first-order valence-electron chi connectivity index (χ1n) is 6.82. The molecule has 0 saturated heterocycles.